The highest BCUT2D eigenvalue weighted by Gasteiger charge is 2.18. The summed E-state index contributed by atoms with van der Waals surface area (Å²) in [6.07, 6.45) is 0. The normalized spacial score (nSPS) is 11.0. The first-order valence-corrected chi connectivity index (χ1v) is 8.23. The van der Waals surface area contributed by atoms with Crippen LogP contribution in [0.2, 0.25) is 0 Å². The zero-order valence-electron chi connectivity index (χ0n) is 14.5. The number of amides is 1. The van der Waals surface area contributed by atoms with Crippen molar-refractivity contribution < 1.29 is 18.7 Å². The molecule has 3 rings (SSSR count). The van der Waals surface area contributed by atoms with Crippen LogP contribution < -0.4 is 10.1 Å². The summed E-state index contributed by atoms with van der Waals surface area (Å²) in [7, 11) is 1.60. The number of benzene rings is 1. The van der Waals surface area contributed by atoms with Gasteiger partial charge in [-0.3, -0.25) is 4.79 Å². The number of hydrogen-bond donors (Lipinski definition) is 1. The molecule has 0 fully saturated rings. The maximum absolute atomic E-state index is 12.5. The lowest BCUT2D eigenvalue weighted by Crippen LogP contribution is -2.29. The molecule has 0 aliphatic carbocycles. The number of para-hydroxylation sites is 1. The molecule has 6 heteroatoms. The van der Waals surface area contributed by atoms with Gasteiger partial charge in [0.1, 0.15) is 23.8 Å². The number of aryl methyl sites for hydroxylation is 1. The SMILES string of the molecule is COCCNC(=O)c1cc2oc(C)cc2n1CCOc1ccccc1. The highest BCUT2D eigenvalue weighted by Crippen LogP contribution is 2.24. The third-order valence-electron chi connectivity index (χ3n) is 3.86. The summed E-state index contributed by atoms with van der Waals surface area (Å²) in [4.78, 5) is 12.5. The Morgan fingerprint density at radius 1 is 1.20 bits per heavy atom. The number of furan rings is 1. The fourth-order valence-electron chi connectivity index (χ4n) is 2.72. The molecule has 3 aromatic rings. The molecule has 2 aromatic heterocycles. The Morgan fingerprint density at radius 3 is 2.76 bits per heavy atom. The molecule has 1 aromatic carbocycles. The zero-order valence-corrected chi connectivity index (χ0v) is 14.5. The summed E-state index contributed by atoms with van der Waals surface area (Å²) in [6.45, 7) is 3.82. The lowest BCUT2D eigenvalue weighted by Gasteiger charge is -2.11. The van der Waals surface area contributed by atoms with Crippen molar-refractivity contribution in [2.45, 2.75) is 13.5 Å². The minimum Gasteiger partial charge on any atom is -0.492 e. The fourth-order valence-corrected chi connectivity index (χ4v) is 2.72. The Labute approximate surface area is 146 Å². The van der Waals surface area contributed by atoms with Crippen molar-refractivity contribution in [2.75, 3.05) is 26.9 Å². The summed E-state index contributed by atoms with van der Waals surface area (Å²) in [5.41, 5.74) is 2.15. The number of ether oxygens (including phenoxy) is 2. The third kappa shape index (κ3) is 4.03. The summed E-state index contributed by atoms with van der Waals surface area (Å²) in [6, 6.07) is 13.3. The molecule has 0 atom stereocenters. The molecule has 0 spiro atoms. The molecule has 25 heavy (non-hydrogen) atoms. The van der Waals surface area contributed by atoms with E-state index < -0.39 is 0 Å². The van der Waals surface area contributed by atoms with E-state index in [0.29, 0.717) is 37.6 Å². The molecule has 1 N–H and O–H groups in total. The van der Waals surface area contributed by atoms with E-state index in [1.54, 1.807) is 13.2 Å². The standard InChI is InChI=1S/C19H22N2O4/c1-14-12-16-18(25-14)13-17(19(22)20-8-10-23-2)21(16)9-11-24-15-6-4-3-5-7-15/h3-7,12-13H,8-11H2,1-2H3,(H,20,22). The lowest BCUT2D eigenvalue weighted by molar-refractivity contribution is 0.0927. The fraction of sp³-hybridized carbons (Fsp3) is 0.316. The zero-order chi connectivity index (χ0) is 17.6. The van der Waals surface area contributed by atoms with Crippen LogP contribution in [0.1, 0.15) is 16.2 Å². The molecule has 0 aliphatic heterocycles. The predicted molar refractivity (Wildman–Crippen MR) is 95.1 cm³/mol. The number of nitrogens with zero attached hydrogens (tertiary/aromatic N) is 1. The van der Waals surface area contributed by atoms with Gasteiger partial charge in [0, 0.05) is 25.8 Å². The molecular weight excluding hydrogens is 320 g/mol. The Morgan fingerprint density at radius 2 is 2.00 bits per heavy atom. The summed E-state index contributed by atoms with van der Waals surface area (Å²) in [5, 5.41) is 2.85. The monoisotopic (exact) mass is 342 g/mol. The number of aromatic nitrogens is 1. The number of rotatable bonds is 8. The first kappa shape index (κ1) is 17.1. The van der Waals surface area contributed by atoms with Gasteiger partial charge in [0.15, 0.2) is 5.58 Å². The number of fused-ring (bicyclic) bond motifs is 1. The Hall–Kier alpha value is -2.73. The average molecular weight is 342 g/mol. The van der Waals surface area contributed by atoms with Crippen molar-refractivity contribution in [1.29, 1.82) is 0 Å². The summed E-state index contributed by atoms with van der Waals surface area (Å²) < 4.78 is 18.3. The van der Waals surface area contributed by atoms with Crippen molar-refractivity contribution in [3.8, 4) is 5.75 Å². The maximum atomic E-state index is 12.5. The molecule has 6 nitrogen and oxygen atoms in total. The third-order valence-corrected chi connectivity index (χ3v) is 3.86. The number of nitrogens with one attached hydrogen (secondary N) is 1. The Kier molecular flexibility index (Phi) is 5.40. The smallest absolute Gasteiger partial charge is 0.268 e. The second-order valence-electron chi connectivity index (χ2n) is 5.70. The predicted octanol–water partition coefficient (Wildman–Crippen LogP) is 3.00. The van der Waals surface area contributed by atoms with Gasteiger partial charge in [-0.05, 0) is 19.1 Å². The van der Waals surface area contributed by atoms with Gasteiger partial charge in [0.2, 0.25) is 0 Å². The summed E-state index contributed by atoms with van der Waals surface area (Å²) >= 11 is 0. The van der Waals surface area contributed by atoms with Gasteiger partial charge in [-0.2, -0.15) is 0 Å². The van der Waals surface area contributed by atoms with Crippen LogP contribution in [0, 0.1) is 6.92 Å². The van der Waals surface area contributed by atoms with E-state index in [4.69, 9.17) is 13.9 Å². The molecule has 0 bridgehead atoms. The molecule has 1 amide bonds. The molecule has 2 heterocycles. The van der Waals surface area contributed by atoms with E-state index in [2.05, 4.69) is 5.32 Å². The molecule has 0 saturated carbocycles. The van der Waals surface area contributed by atoms with E-state index >= 15 is 0 Å². The van der Waals surface area contributed by atoms with Gasteiger partial charge in [0.05, 0.1) is 18.7 Å². The number of hydrogen-bond acceptors (Lipinski definition) is 4. The Balaban J connectivity index is 1.76. The van der Waals surface area contributed by atoms with Crippen molar-refractivity contribution >= 4 is 17.0 Å². The van der Waals surface area contributed by atoms with E-state index in [-0.39, 0.29) is 5.91 Å². The van der Waals surface area contributed by atoms with Crippen LogP contribution in [0.3, 0.4) is 0 Å². The molecule has 0 saturated heterocycles. The van der Waals surface area contributed by atoms with Gasteiger partial charge in [-0.15, -0.1) is 0 Å². The second-order valence-corrected chi connectivity index (χ2v) is 5.70. The first-order chi connectivity index (χ1) is 12.2. The molecule has 0 aliphatic rings. The van der Waals surface area contributed by atoms with Gasteiger partial charge >= 0.3 is 0 Å². The highest BCUT2D eigenvalue weighted by molar-refractivity contribution is 5.97. The lowest BCUT2D eigenvalue weighted by atomic mass is 10.3. The molecular formula is C19H22N2O4. The quantitative estimate of drug-likeness (QED) is 0.639. The van der Waals surface area contributed by atoms with Crippen LogP contribution in [0.4, 0.5) is 0 Å². The van der Waals surface area contributed by atoms with Crippen molar-refractivity contribution in [3.63, 3.8) is 0 Å². The van der Waals surface area contributed by atoms with E-state index in [0.717, 1.165) is 17.0 Å². The van der Waals surface area contributed by atoms with Crippen LogP contribution in [0.25, 0.3) is 11.1 Å². The topological polar surface area (TPSA) is 65.6 Å². The van der Waals surface area contributed by atoms with Crippen molar-refractivity contribution in [2.24, 2.45) is 0 Å². The van der Waals surface area contributed by atoms with Crippen molar-refractivity contribution in [1.82, 2.24) is 9.88 Å². The minimum absolute atomic E-state index is 0.152. The second kappa shape index (κ2) is 7.90. The van der Waals surface area contributed by atoms with Gasteiger partial charge in [-0.1, -0.05) is 18.2 Å². The van der Waals surface area contributed by atoms with Crippen LogP contribution in [-0.4, -0.2) is 37.3 Å². The average Bonchev–Trinajstić information content (AvgIpc) is 3.13. The maximum Gasteiger partial charge on any atom is 0.268 e. The number of methoxy groups -OCH3 is 1. The van der Waals surface area contributed by atoms with Gasteiger partial charge < -0.3 is 23.8 Å². The molecule has 0 unspecified atom stereocenters. The first-order valence-electron chi connectivity index (χ1n) is 8.23. The van der Waals surface area contributed by atoms with E-state index in [1.165, 1.54) is 0 Å². The highest BCUT2D eigenvalue weighted by atomic mass is 16.5. The van der Waals surface area contributed by atoms with Crippen LogP contribution in [0.15, 0.2) is 46.9 Å². The molecule has 132 valence electrons. The van der Waals surface area contributed by atoms with Crippen molar-refractivity contribution in [3.05, 3.63) is 53.9 Å². The number of carbonyl (C=O) groups is 1. The van der Waals surface area contributed by atoms with E-state index in [1.807, 2.05) is 47.9 Å². The largest absolute Gasteiger partial charge is 0.492 e. The molecule has 0 radical (unpaired) electrons. The van der Waals surface area contributed by atoms with Crippen LogP contribution >= 0.6 is 0 Å². The minimum atomic E-state index is -0.152. The van der Waals surface area contributed by atoms with Gasteiger partial charge in [-0.25, -0.2) is 0 Å². The number of carbonyl (C=O) groups excluding carboxylic acids is 1. The van der Waals surface area contributed by atoms with E-state index in [9.17, 15) is 4.79 Å². The van der Waals surface area contributed by atoms with Crippen LogP contribution in [-0.2, 0) is 11.3 Å². The Bertz CT molecular complexity index is 836. The van der Waals surface area contributed by atoms with Gasteiger partial charge in [0.25, 0.3) is 5.91 Å². The van der Waals surface area contributed by atoms with Crippen LogP contribution in [0.5, 0.6) is 5.75 Å². The summed E-state index contributed by atoms with van der Waals surface area (Å²) in [5.74, 6) is 1.47.